The molecule has 1 aliphatic rings. The van der Waals surface area contributed by atoms with Crippen LogP contribution in [0.4, 0.5) is 0 Å². The monoisotopic (exact) mass is 256 g/mol. The van der Waals surface area contributed by atoms with Crippen LogP contribution in [0.25, 0.3) is 0 Å². The highest BCUT2D eigenvalue weighted by Gasteiger charge is 2.36. The maximum atomic E-state index is 11.6. The lowest BCUT2D eigenvalue weighted by Crippen LogP contribution is -2.51. The third kappa shape index (κ3) is 4.25. The summed E-state index contributed by atoms with van der Waals surface area (Å²) in [5.41, 5.74) is -0.723. The van der Waals surface area contributed by atoms with Crippen LogP contribution in [0.2, 0.25) is 0 Å². The van der Waals surface area contributed by atoms with Crippen LogP contribution in [0.15, 0.2) is 0 Å². The molecule has 1 heterocycles. The third-order valence-electron chi connectivity index (χ3n) is 4.18. The SMILES string of the molecule is CCCCCC(CCC1CCCN1)(NC)C(=O)O. The molecule has 0 saturated carbocycles. The first-order valence-electron chi connectivity index (χ1n) is 7.30. The minimum Gasteiger partial charge on any atom is -0.480 e. The van der Waals surface area contributed by atoms with Crippen molar-refractivity contribution in [2.75, 3.05) is 13.6 Å². The lowest BCUT2D eigenvalue weighted by atomic mass is 9.86. The predicted molar refractivity (Wildman–Crippen MR) is 73.8 cm³/mol. The van der Waals surface area contributed by atoms with E-state index in [2.05, 4.69) is 17.6 Å². The largest absolute Gasteiger partial charge is 0.480 e. The van der Waals surface area contributed by atoms with Crippen molar-refractivity contribution in [3.63, 3.8) is 0 Å². The van der Waals surface area contributed by atoms with Gasteiger partial charge in [0, 0.05) is 6.04 Å². The van der Waals surface area contributed by atoms with Crippen LogP contribution in [0.5, 0.6) is 0 Å². The summed E-state index contributed by atoms with van der Waals surface area (Å²) < 4.78 is 0. The average Bonchev–Trinajstić information content (AvgIpc) is 2.86. The Morgan fingerprint density at radius 1 is 1.44 bits per heavy atom. The van der Waals surface area contributed by atoms with Gasteiger partial charge in [-0.1, -0.05) is 26.2 Å². The number of likely N-dealkylation sites (N-methyl/N-ethyl adjacent to an activating group) is 1. The van der Waals surface area contributed by atoms with E-state index < -0.39 is 11.5 Å². The average molecular weight is 256 g/mol. The third-order valence-corrected chi connectivity index (χ3v) is 4.18. The molecule has 1 aliphatic heterocycles. The molecule has 2 unspecified atom stereocenters. The lowest BCUT2D eigenvalue weighted by molar-refractivity contribution is -0.145. The molecule has 0 amide bonds. The quantitative estimate of drug-likeness (QED) is 0.553. The molecule has 1 rings (SSSR count). The van der Waals surface area contributed by atoms with Crippen LogP contribution in [-0.4, -0.2) is 36.2 Å². The molecule has 0 radical (unpaired) electrons. The number of unbranched alkanes of at least 4 members (excludes halogenated alkanes) is 2. The van der Waals surface area contributed by atoms with Crippen molar-refractivity contribution in [2.24, 2.45) is 0 Å². The van der Waals surface area contributed by atoms with E-state index in [-0.39, 0.29) is 0 Å². The van der Waals surface area contributed by atoms with Gasteiger partial charge in [-0.15, -0.1) is 0 Å². The van der Waals surface area contributed by atoms with Gasteiger partial charge in [0.05, 0.1) is 0 Å². The van der Waals surface area contributed by atoms with Gasteiger partial charge in [-0.2, -0.15) is 0 Å². The molecule has 0 spiro atoms. The summed E-state index contributed by atoms with van der Waals surface area (Å²) in [7, 11) is 1.78. The topological polar surface area (TPSA) is 61.4 Å². The van der Waals surface area contributed by atoms with E-state index in [0.29, 0.717) is 6.04 Å². The van der Waals surface area contributed by atoms with Gasteiger partial charge in [0.1, 0.15) is 5.54 Å². The fourth-order valence-electron chi connectivity index (χ4n) is 2.80. The molecule has 3 N–H and O–H groups in total. The molecule has 18 heavy (non-hydrogen) atoms. The van der Waals surface area contributed by atoms with Gasteiger partial charge in [-0.05, 0) is 45.7 Å². The van der Waals surface area contributed by atoms with Crippen LogP contribution in [0.3, 0.4) is 0 Å². The van der Waals surface area contributed by atoms with Crippen molar-refractivity contribution in [2.45, 2.75) is 69.9 Å². The van der Waals surface area contributed by atoms with Crippen molar-refractivity contribution in [3.05, 3.63) is 0 Å². The fourth-order valence-corrected chi connectivity index (χ4v) is 2.80. The maximum Gasteiger partial charge on any atom is 0.323 e. The van der Waals surface area contributed by atoms with Crippen molar-refractivity contribution in [1.82, 2.24) is 10.6 Å². The highest BCUT2D eigenvalue weighted by Crippen LogP contribution is 2.24. The summed E-state index contributed by atoms with van der Waals surface area (Å²) in [4.78, 5) is 11.6. The zero-order valence-electron chi connectivity index (χ0n) is 11.8. The number of nitrogens with one attached hydrogen (secondary N) is 2. The molecule has 4 nitrogen and oxygen atoms in total. The van der Waals surface area contributed by atoms with Gasteiger partial charge in [-0.25, -0.2) is 0 Å². The predicted octanol–water partition coefficient (Wildman–Crippen LogP) is 2.14. The van der Waals surface area contributed by atoms with Gasteiger partial charge in [0.15, 0.2) is 0 Å². The number of carboxylic acid groups (broad SMARTS) is 1. The minimum absolute atomic E-state index is 0.517. The van der Waals surface area contributed by atoms with Crippen molar-refractivity contribution in [3.8, 4) is 0 Å². The zero-order valence-corrected chi connectivity index (χ0v) is 11.8. The summed E-state index contributed by atoms with van der Waals surface area (Å²) in [6.45, 7) is 3.23. The zero-order chi connectivity index (χ0) is 13.4. The summed E-state index contributed by atoms with van der Waals surface area (Å²) in [5.74, 6) is -0.695. The standard InChI is InChI=1S/C14H28N2O2/c1-3-4-5-9-14(15-2,13(17)18)10-8-12-7-6-11-16-12/h12,15-16H,3-11H2,1-2H3,(H,17,18). The highest BCUT2D eigenvalue weighted by atomic mass is 16.4. The molecule has 0 aliphatic carbocycles. The van der Waals surface area contributed by atoms with Crippen LogP contribution in [0.1, 0.15) is 58.3 Å². The minimum atomic E-state index is -0.723. The fraction of sp³-hybridized carbons (Fsp3) is 0.929. The number of carboxylic acids is 1. The van der Waals surface area contributed by atoms with E-state index in [4.69, 9.17) is 0 Å². The first kappa shape index (κ1) is 15.4. The second-order valence-corrected chi connectivity index (χ2v) is 5.43. The van der Waals surface area contributed by atoms with Crippen LogP contribution >= 0.6 is 0 Å². The van der Waals surface area contributed by atoms with E-state index >= 15 is 0 Å². The van der Waals surface area contributed by atoms with Gasteiger partial charge in [0.2, 0.25) is 0 Å². The number of carbonyl (C=O) groups is 1. The molecule has 106 valence electrons. The van der Waals surface area contributed by atoms with Crippen molar-refractivity contribution >= 4 is 5.97 Å². The molecule has 0 aromatic heterocycles. The smallest absolute Gasteiger partial charge is 0.323 e. The molecule has 2 atom stereocenters. The Kier molecular flexibility index (Phi) is 6.65. The Morgan fingerprint density at radius 2 is 2.22 bits per heavy atom. The van der Waals surface area contributed by atoms with Gasteiger partial charge < -0.3 is 15.7 Å². The first-order chi connectivity index (χ1) is 8.64. The van der Waals surface area contributed by atoms with Crippen molar-refractivity contribution in [1.29, 1.82) is 0 Å². The molecular formula is C14H28N2O2. The molecule has 1 saturated heterocycles. The number of hydrogen-bond acceptors (Lipinski definition) is 3. The van der Waals surface area contributed by atoms with E-state index in [1.54, 1.807) is 7.05 Å². The highest BCUT2D eigenvalue weighted by molar-refractivity contribution is 5.78. The van der Waals surface area contributed by atoms with E-state index in [1.807, 2.05) is 0 Å². The van der Waals surface area contributed by atoms with Gasteiger partial charge >= 0.3 is 5.97 Å². The number of rotatable bonds is 9. The molecular weight excluding hydrogens is 228 g/mol. The summed E-state index contributed by atoms with van der Waals surface area (Å²) in [6, 6.07) is 0.517. The van der Waals surface area contributed by atoms with E-state index in [9.17, 15) is 9.90 Å². The summed E-state index contributed by atoms with van der Waals surface area (Å²) in [6.07, 6.45) is 8.05. The summed E-state index contributed by atoms with van der Waals surface area (Å²) >= 11 is 0. The molecule has 0 bridgehead atoms. The Hall–Kier alpha value is -0.610. The van der Waals surface area contributed by atoms with Crippen LogP contribution in [0, 0.1) is 0 Å². The Bertz CT molecular complexity index is 252. The van der Waals surface area contributed by atoms with Crippen LogP contribution < -0.4 is 10.6 Å². The molecule has 1 fully saturated rings. The number of hydrogen-bond donors (Lipinski definition) is 3. The molecule has 0 aromatic rings. The molecule has 0 aromatic carbocycles. The first-order valence-corrected chi connectivity index (χ1v) is 7.30. The number of aliphatic carboxylic acids is 1. The normalized spacial score (nSPS) is 22.9. The Labute approximate surface area is 111 Å². The van der Waals surface area contributed by atoms with E-state index in [1.165, 1.54) is 12.8 Å². The Morgan fingerprint density at radius 3 is 2.72 bits per heavy atom. The van der Waals surface area contributed by atoms with Crippen LogP contribution in [-0.2, 0) is 4.79 Å². The summed E-state index contributed by atoms with van der Waals surface area (Å²) in [5, 5.41) is 16.0. The van der Waals surface area contributed by atoms with Gasteiger partial charge in [0.25, 0.3) is 0 Å². The second-order valence-electron chi connectivity index (χ2n) is 5.43. The molecule has 4 heteroatoms. The van der Waals surface area contributed by atoms with Crippen molar-refractivity contribution < 1.29 is 9.90 Å². The maximum absolute atomic E-state index is 11.6. The Balaban J connectivity index is 2.49. The lowest BCUT2D eigenvalue weighted by Gasteiger charge is -2.30. The van der Waals surface area contributed by atoms with E-state index in [0.717, 1.165) is 45.1 Å². The van der Waals surface area contributed by atoms with Gasteiger partial charge in [-0.3, -0.25) is 4.79 Å². The second kappa shape index (κ2) is 7.74.